The second-order valence-electron chi connectivity index (χ2n) is 18.9. The molecular weight excluding hydrogens is 813 g/mol. The van der Waals surface area contributed by atoms with Crippen LogP contribution in [0, 0.1) is 0 Å². The van der Waals surface area contributed by atoms with E-state index in [1.54, 1.807) is 12.1 Å². The van der Waals surface area contributed by atoms with E-state index in [4.69, 9.17) is 18.9 Å². The van der Waals surface area contributed by atoms with Gasteiger partial charge in [0.2, 0.25) is 0 Å². The molecule has 0 aromatic heterocycles. The van der Waals surface area contributed by atoms with Gasteiger partial charge in [-0.15, -0.1) is 0 Å². The summed E-state index contributed by atoms with van der Waals surface area (Å²) >= 11 is 0. The van der Waals surface area contributed by atoms with Gasteiger partial charge in [-0.05, 0) is 36.6 Å². The minimum absolute atomic E-state index is 0.00337. The third-order valence-corrected chi connectivity index (χ3v) is 12.7. The first-order chi connectivity index (χ1) is 31.9. The van der Waals surface area contributed by atoms with Crippen LogP contribution in [-0.4, -0.2) is 49.4 Å². The van der Waals surface area contributed by atoms with Crippen molar-refractivity contribution in [3.63, 3.8) is 0 Å². The standard InChI is InChI=1S/C57H100O8/c1-4-6-8-10-12-14-16-18-20-22-24-26-28-30-32-34-36-38-40-42-55(59)63-49-52(65-57(61)47-45-51-44-46-53(58)54(48-51)62-3)50-64-56(60)43-41-39-37-35-33-31-29-27-25-23-21-19-17-15-13-11-9-7-5-2/h44-48,52,58H,4-43,49-50H2,1-3H3. The average Bonchev–Trinajstić information content (AvgIpc) is 3.31. The highest BCUT2D eigenvalue weighted by Gasteiger charge is 2.19. The van der Waals surface area contributed by atoms with Gasteiger partial charge in [-0.1, -0.05) is 251 Å². The summed E-state index contributed by atoms with van der Waals surface area (Å²) in [6, 6.07) is 4.72. The van der Waals surface area contributed by atoms with E-state index in [9.17, 15) is 19.5 Å². The molecule has 8 nitrogen and oxygen atoms in total. The number of hydrogen-bond donors (Lipinski definition) is 1. The Morgan fingerprint density at radius 3 is 1.09 bits per heavy atom. The van der Waals surface area contributed by atoms with Gasteiger partial charge in [0.1, 0.15) is 13.2 Å². The highest BCUT2D eigenvalue weighted by Crippen LogP contribution is 2.27. The van der Waals surface area contributed by atoms with Crippen molar-refractivity contribution in [3.05, 3.63) is 29.8 Å². The summed E-state index contributed by atoms with van der Waals surface area (Å²) in [6.45, 7) is 4.19. The molecule has 0 aliphatic heterocycles. The summed E-state index contributed by atoms with van der Waals surface area (Å²) in [4.78, 5) is 38.1. The van der Waals surface area contributed by atoms with Gasteiger partial charge in [0.15, 0.2) is 17.6 Å². The van der Waals surface area contributed by atoms with Crippen LogP contribution in [0.2, 0.25) is 0 Å². The normalized spacial score (nSPS) is 11.4. The van der Waals surface area contributed by atoms with Crippen molar-refractivity contribution in [1.82, 2.24) is 0 Å². The van der Waals surface area contributed by atoms with E-state index in [2.05, 4.69) is 13.8 Å². The molecule has 1 rings (SSSR count). The second-order valence-corrected chi connectivity index (χ2v) is 18.9. The van der Waals surface area contributed by atoms with Crippen LogP contribution in [0.4, 0.5) is 0 Å². The minimum atomic E-state index is -0.926. The number of ether oxygens (including phenoxy) is 4. The van der Waals surface area contributed by atoms with E-state index in [0.717, 1.165) is 38.5 Å². The summed E-state index contributed by atoms with van der Waals surface area (Å²) in [5.74, 6) is -1.06. The van der Waals surface area contributed by atoms with Gasteiger partial charge in [0.05, 0.1) is 7.11 Å². The molecule has 0 aliphatic rings. The summed E-state index contributed by atoms with van der Waals surface area (Å²) in [7, 11) is 1.45. The molecule has 0 heterocycles. The van der Waals surface area contributed by atoms with E-state index in [0.29, 0.717) is 18.4 Å². The van der Waals surface area contributed by atoms with Crippen molar-refractivity contribution >= 4 is 24.0 Å². The van der Waals surface area contributed by atoms with Gasteiger partial charge < -0.3 is 24.1 Å². The molecule has 0 saturated carbocycles. The zero-order chi connectivity index (χ0) is 47.1. The molecule has 8 heteroatoms. The van der Waals surface area contributed by atoms with Gasteiger partial charge in [0, 0.05) is 18.9 Å². The number of methoxy groups -OCH3 is 1. The Kier molecular flexibility index (Phi) is 42.5. The van der Waals surface area contributed by atoms with Gasteiger partial charge in [0.25, 0.3) is 0 Å². The number of unbranched alkanes of at least 4 members (excludes halogenated alkanes) is 36. The Morgan fingerprint density at radius 2 is 0.785 bits per heavy atom. The predicted octanol–water partition coefficient (Wildman–Crippen LogP) is 17.1. The maximum Gasteiger partial charge on any atom is 0.331 e. The lowest BCUT2D eigenvalue weighted by molar-refractivity contribution is -0.163. The van der Waals surface area contributed by atoms with E-state index < -0.39 is 12.1 Å². The van der Waals surface area contributed by atoms with Gasteiger partial charge in [-0.25, -0.2) is 4.79 Å². The van der Waals surface area contributed by atoms with Crippen molar-refractivity contribution in [2.24, 2.45) is 0 Å². The largest absolute Gasteiger partial charge is 0.504 e. The molecule has 0 unspecified atom stereocenters. The van der Waals surface area contributed by atoms with Gasteiger partial charge >= 0.3 is 17.9 Å². The molecule has 0 atom stereocenters. The fourth-order valence-electron chi connectivity index (χ4n) is 8.49. The predicted molar refractivity (Wildman–Crippen MR) is 272 cm³/mol. The van der Waals surface area contributed by atoms with Crippen LogP contribution in [0.25, 0.3) is 6.08 Å². The summed E-state index contributed by atoms with van der Waals surface area (Å²) in [5.41, 5.74) is 0.630. The molecular formula is C57H100O8. The molecule has 0 spiro atoms. The fourth-order valence-corrected chi connectivity index (χ4v) is 8.49. The molecule has 0 saturated heterocycles. The average molecular weight is 913 g/mol. The first-order valence-electron chi connectivity index (χ1n) is 27.5. The van der Waals surface area contributed by atoms with Gasteiger partial charge in [-0.2, -0.15) is 0 Å². The molecule has 1 N–H and O–H groups in total. The van der Waals surface area contributed by atoms with Crippen LogP contribution in [0.3, 0.4) is 0 Å². The summed E-state index contributed by atoms with van der Waals surface area (Å²) in [5, 5.41) is 9.88. The Hall–Kier alpha value is -3.03. The molecule has 0 fully saturated rings. The Labute approximate surface area is 399 Å². The molecule has 1 aromatic rings. The lowest BCUT2D eigenvalue weighted by Crippen LogP contribution is -2.30. The van der Waals surface area contributed by atoms with E-state index in [1.807, 2.05) is 0 Å². The number of carbonyl (C=O) groups excluding carboxylic acids is 3. The summed E-state index contributed by atoms with van der Waals surface area (Å²) < 4.78 is 21.7. The molecule has 0 radical (unpaired) electrons. The van der Waals surface area contributed by atoms with Gasteiger partial charge in [-0.3, -0.25) is 9.59 Å². The Bertz CT molecular complexity index is 1220. The SMILES string of the molecule is CCCCCCCCCCCCCCCCCCCCCC(=O)OCC(COC(=O)CCCCCCCCCCCCCCCCCCCCC)OC(=O)C=Cc1ccc(O)c(OC)c1. The zero-order valence-electron chi connectivity index (χ0n) is 42.5. The molecule has 1 aromatic carbocycles. The highest BCUT2D eigenvalue weighted by atomic mass is 16.6. The third-order valence-electron chi connectivity index (χ3n) is 12.7. The Morgan fingerprint density at radius 1 is 0.477 bits per heavy atom. The maximum atomic E-state index is 12.8. The molecule has 0 bridgehead atoms. The maximum absolute atomic E-state index is 12.8. The van der Waals surface area contributed by atoms with Crippen LogP contribution in [-0.2, 0) is 28.6 Å². The van der Waals surface area contributed by atoms with Crippen LogP contribution in [0.1, 0.15) is 276 Å². The first kappa shape index (κ1) is 60.0. The third kappa shape index (κ3) is 39.8. The van der Waals surface area contributed by atoms with E-state index >= 15 is 0 Å². The number of carbonyl (C=O) groups is 3. The van der Waals surface area contributed by atoms with Crippen molar-refractivity contribution in [1.29, 1.82) is 0 Å². The van der Waals surface area contributed by atoms with Crippen LogP contribution in [0.5, 0.6) is 11.5 Å². The van der Waals surface area contributed by atoms with E-state index in [-0.39, 0.29) is 36.7 Å². The number of phenols is 1. The van der Waals surface area contributed by atoms with Crippen LogP contribution in [0.15, 0.2) is 24.3 Å². The highest BCUT2D eigenvalue weighted by molar-refractivity contribution is 5.87. The smallest absolute Gasteiger partial charge is 0.331 e. The minimum Gasteiger partial charge on any atom is -0.504 e. The molecule has 376 valence electrons. The number of benzene rings is 1. The Balaban J connectivity index is 2.24. The molecule has 0 aliphatic carbocycles. The second kappa shape index (κ2) is 46.1. The number of rotatable bonds is 48. The number of esters is 3. The number of aromatic hydroxyl groups is 1. The topological polar surface area (TPSA) is 108 Å². The van der Waals surface area contributed by atoms with Crippen molar-refractivity contribution in [3.8, 4) is 11.5 Å². The first-order valence-corrected chi connectivity index (χ1v) is 27.5. The van der Waals surface area contributed by atoms with Crippen LogP contribution < -0.4 is 4.74 Å². The fraction of sp³-hybridized carbons (Fsp3) is 0.807. The van der Waals surface area contributed by atoms with Crippen molar-refractivity contribution < 1.29 is 38.4 Å². The molecule has 0 amide bonds. The lowest BCUT2D eigenvalue weighted by Gasteiger charge is -2.17. The molecule has 65 heavy (non-hydrogen) atoms. The van der Waals surface area contributed by atoms with Crippen molar-refractivity contribution in [2.75, 3.05) is 20.3 Å². The van der Waals surface area contributed by atoms with Crippen molar-refractivity contribution in [2.45, 2.75) is 277 Å². The number of hydrogen-bond acceptors (Lipinski definition) is 8. The monoisotopic (exact) mass is 913 g/mol. The van der Waals surface area contributed by atoms with Crippen LogP contribution >= 0.6 is 0 Å². The lowest BCUT2D eigenvalue weighted by atomic mass is 10.0. The number of phenolic OH excluding ortho intramolecular Hbond substituents is 1. The summed E-state index contributed by atoms with van der Waals surface area (Å²) in [6.07, 6.45) is 51.7. The zero-order valence-corrected chi connectivity index (χ0v) is 42.5. The van der Waals surface area contributed by atoms with E-state index in [1.165, 1.54) is 231 Å². The quantitative estimate of drug-likeness (QED) is 0.0298.